The molecule has 0 amide bonds. The maximum Gasteiger partial charge on any atom is 0.212 e. The molecule has 0 saturated carbocycles. The van der Waals surface area contributed by atoms with Gasteiger partial charge in [-0.2, -0.15) is 5.10 Å². The summed E-state index contributed by atoms with van der Waals surface area (Å²) in [7, 11) is 1.62. The van der Waals surface area contributed by atoms with Crippen LogP contribution in [0.25, 0.3) is 0 Å². The number of hydrazone groups is 1. The van der Waals surface area contributed by atoms with Crippen molar-refractivity contribution in [2.45, 2.75) is 5.03 Å². The molecular weight excluding hydrogens is 286 g/mol. The molecule has 2 heterocycles. The van der Waals surface area contributed by atoms with Crippen molar-refractivity contribution in [2.75, 3.05) is 18.3 Å². The molecule has 0 unspecified atom stereocenters. The molecule has 0 atom stereocenters. The van der Waals surface area contributed by atoms with Crippen LogP contribution in [0.4, 0.5) is 5.69 Å². The first-order chi connectivity index (χ1) is 10.3. The van der Waals surface area contributed by atoms with E-state index in [0.29, 0.717) is 17.0 Å². The third-order valence-corrected chi connectivity index (χ3v) is 4.05. The molecular formula is C15H13N3O2S. The van der Waals surface area contributed by atoms with Gasteiger partial charge in [0.2, 0.25) is 5.78 Å². The average Bonchev–Trinajstić information content (AvgIpc) is 2.55. The van der Waals surface area contributed by atoms with Crippen molar-refractivity contribution in [3.8, 4) is 5.75 Å². The van der Waals surface area contributed by atoms with E-state index in [2.05, 4.69) is 15.5 Å². The molecule has 6 heteroatoms. The molecule has 1 aromatic heterocycles. The summed E-state index contributed by atoms with van der Waals surface area (Å²) in [5.41, 5.74) is 4.82. The number of pyridine rings is 1. The molecule has 3 rings (SSSR count). The molecule has 2 aromatic rings. The number of thioether (sulfide) groups is 1. The molecule has 0 fully saturated rings. The second-order valence-corrected chi connectivity index (χ2v) is 5.34. The van der Waals surface area contributed by atoms with Crippen molar-refractivity contribution in [1.29, 1.82) is 0 Å². The number of benzene rings is 1. The molecule has 106 valence electrons. The van der Waals surface area contributed by atoms with Gasteiger partial charge < -0.3 is 4.74 Å². The van der Waals surface area contributed by atoms with E-state index in [1.54, 1.807) is 25.4 Å². The van der Waals surface area contributed by atoms with E-state index in [4.69, 9.17) is 4.74 Å². The number of ketones is 1. The zero-order valence-electron chi connectivity index (χ0n) is 11.4. The Labute approximate surface area is 126 Å². The monoisotopic (exact) mass is 299 g/mol. The Morgan fingerprint density at radius 1 is 1.29 bits per heavy atom. The topological polar surface area (TPSA) is 63.6 Å². The number of fused-ring (bicyclic) bond motifs is 1. The van der Waals surface area contributed by atoms with Gasteiger partial charge in [-0.15, -0.1) is 0 Å². The van der Waals surface area contributed by atoms with E-state index >= 15 is 0 Å². The lowest BCUT2D eigenvalue weighted by Gasteiger charge is -2.14. The SMILES string of the molecule is COc1ccc(N/N=C2/CSc3ncccc3C2=O)cc1. The Kier molecular flexibility index (Phi) is 3.87. The molecule has 0 bridgehead atoms. The van der Waals surface area contributed by atoms with Gasteiger partial charge in [0.05, 0.1) is 18.4 Å². The van der Waals surface area contributed by atoms with Crippen LogP contribution in [0, 0.1) is 0 Å². The number of aromatic nitrogens is 1. The Balaban J connectivity index is 1.76. The van der Waals surface area contributed by atoms with Crippen LogP contribution >= 0.6 is 11.8 Å². The molecule has 1 aromatic carbocycles. The standard InChI is InChI=1S/C15H13N3O2S/c1-20-11-6-4-10(5-7-11)17-18-13-9-21-15-12(14(13)19)3-2-8-16-15/h2-8,17H,9H2,1H3/b18-13-. The Morgan fingerprint density at radius 3 is 2.86 bits per heavy atom. The fourth-order valence-corrected chi connectivity index (χ4v) is 2.84. The lowest BCUT2D eigenvalue weighted by atomic mass is 10.1. The van der Waals surface area contributed by atoms with Gasteiger partial charge in [-0.05, 0) is 36.4 Å². The number of anilines is 1. The van der Waals surface area contributed by atoms with Crippen molar-refractivity contribution in [1.82, 2.24) is 4.98 Å². The summed E-state index contributed by atoms with van der Waals surface area (Å²) in [5.74, 6) is 1.22. The minimum atomic E-state index is -0.0714. The van der Waals surface area contributed by atoms with E-state index in [9.17, 15) is 4.79 Å². The summed E-state index contributed by atoms with van der Waals surface area (Å²) < 4.78 is 5.09. The molecule has 0 spiro atoms. The fraction of sp³-hybridized carbons (Fsp3) is 0.133. The van der Waals surface area contributed by atoms with E-state index in [1.165, 1.54) is 11.8 Å². The maximum atomic E-state index is 12.3. The van der Waals surface area contributed by atoms with Crippen LogP contribution in [0.3, 0.4) is 0 Å². The van der Waals surface area contributed by atoms with Gasteiger partial charge in [0.15, 0.2) is 0 Å². The third kappa shape index (κ3) is 2.90. The van der Waals surface area contributed by atoms with E-state index in [0.717, 1.165) is 16.5 Å². The zero-order chi connectivity index (χ0) is 14.7. The number of methoxy groups -OCH3 is 1. The van der Waals surface area contributed by atoms with Crippen LogP contribution in [0.1, 0.15) is 10.4 Å². The third-order valence-electron chi connectivity index (χ3n) is 3.03. The Morgan fingerprint density at radius 2 is 2.10 bits per heavy atom. The fourth-order valence-electron chi connectivity index (χ4n) is 1.92. The van der Waals surface area contributed by atoms with Gasteiger partial charge in [0.1, 0.15) is 16.5 Å². The largest absolute Gasteiger partial charge is 0.497 e. The number of Topliss-reactive ketones (excluding diaryl/α,β-unsaturated/α-hetero) is 1. The summed E-state index contributed by atoms with van der Waals surface area (Å²) in [6.07, 6.45) is 1.69. The number of nitrogens with one attached hydrogen (secondary N) is 1. The second-order valence-electron chi connectivity index (χ2n) is 4.37. The van der Waals surface area contributed by atoms with E-state index in [1.807, 2.05) is 24.3 Å². The smallest absolute Gasteiger partial charge is 0.212 e. The number of nitrogens with zero attached hydrogens (tertiary/aromatic N) is 2. The second kappa shape index (κ2) is 5.97. The van der Waals surface area contributed by atoms with Gasteiger partial charge >= 0.3 is 0 Å². The number of rotatable bonds is 3. The number of hydrogen-bond donors (Lipinski definition) is 1. The van der Waals surface area contributed by atoms with E-state index in [-0.39, 0.29) is 5.78 Å². The van der Waals surface area contributed by atoms with Crippen molar-refractivity contribution >= 4 is 28.9 Å². The highest BCUT2D eigenvalue weighted by Gasteiger charge is 2.24. The summed E-state index contributed by atoms with van der Waals surface area (Å²) in [6.45, 7) is 0. The minimum Gasteiger partial charge on any atom is -0.497 e. The molecule has 0 aliphatic carbocycles. The Bertz CT molecular complexity index is 698. The summed E-state index contributed by atoms with van der Waals surface area (Å²) in [6, 6.07) is 10.9. The van der Waals surface area contributed by atoms with E-state index < -0.39 is 0 Å². The lowest BCUT2D eigenvalue weighted by molar-refractivity contribution is 0.106. The van der Waals surface area contributed by atoms with Crippen LogP contribution in [0.15, 0.2) is 52.7 Å². The normalized spacial score (nSPS) is 15.7. The van der Waals surface area contributed by atoms with Crippen molar-refractivity contribution in [3.05, 3.63) is 48.2 Å². The zero-order valence-corrected chi connectivity index (χ0v) is 12.2. The number of hydrogen-bond acceptors (Lipinski definition) is 6. The molecule has 1 aliphatic heterocycles. The highest BCUT2D eigenvalue weighted by atomic mass is 32.2. The molecule has 5 nitrogen and oxygen atoms in total. The van der Waals surface area contributed by atoms with Gasteiger partial charge in [0, 0.05) is 11.9 Å². The van der Waals surface area contributed by atoms with Crippen LogP contribution < -0.4 is 10.2 Å². The maximum absolute atomic E-state index is 12.3. The first-order valence-electron chi connectivity index (χ1n) is 6.37. The number of ether oxygens (including phenoxy) is 1. The van der Waals surface area contributed by atoms with Gasteiger partial charge in [-0.1, -0.05) is 11.8 Å². The predicted molar refractivity (Wildman–Crippen MR) is 83.3 cm³/mol. The van der Waals surface area contributed by atoms with Gasteiger partial charge in [0.25, 0.3) is 0 Å². The molecule has 1 aliphatic rings. The predicted octanol–water partition coefficient (Wildman–Crippen LogP) is 2.85. The number of carbonyl (C=O) groups is 1. The average molecular weight is 299 g/mol. The Hall–Kier alpha value is -2.34. The number of carbonyl (C=O) groups excluding carboxylic acids is 1. The highest BCUT2D eigenvalue weighted by Crippen LogP contribution is 2.26. The quantitative estimate of drug-likeness (QED) is 0.883. The van der Waals surface area contributed by atoms with Crippen LogP contribution in [0.2, 0.25) is 0 Å². The molecule has 0 saturated heterocycles. The lowest BCUT2D eigenvalue weighted by Crippen LogP contribution is -2.23. The first kappa shape index (κ1) is 13.6. The van der Waals surface area contributed by atoms with Gasteiger partial charge in [-0.25, -0.2) is 4.98 Å². The van der Waals surface area contributed by atoms with Crippen molar-refractivity contribution in [2.24, 2.45) is 5.10 Å². The van der Waals surface area contributed by atoms with Gasteiger partial charge in [-0.3, -0.25) is 10.2 Å². The highest BCUT2D eigenvalue weighted by molar-refractivity contribution is 8.00. The minimum absolute atomic E-state index is 0.0714. The van der Waals surface area contributed by atoms with Crippen LogP contribution in [0.5, 0.6) is 5.75 Å². The molecule has 21 heavy (non-hydrogen) atoms. The van der Waals surface area contributed by atoms with Crippen LogP contribution in [-0.4, -0.2) is 29.3 Å². The summed E-state index contributed by atoms with van der Waals surface area (Å²) in [5, 5.41) is 4.99. The van der Waals surface area contributed by atoms with Crippen LogP contribution in [-0.2, 0) is 0 Å². The first-order valence-corrected chi connectivity index (χ1v) is 7.35. The van der Waals surface area contributed by atoms with Crippen molar-refractivity contribution < 1.29 is 9.53 Å². The molecule has 1 N–H and O–H groups in total. The summed E-state index contributed by atoms with van der Waals surface area (Å²) in [4.78, 5) is 16.5. The molecule has 0 radical (unpaired) electrons. The summed E-state index contributed by atoms with van der Waals surface area (Å²) >= 11 is 1.52. The van der Waals surface area contributed by atoms with Crippen molar-refractivity contribution in [3.63, 3.8) is 0 Å².